The van der Waals surface area contributed by atoms with Crippen LogP contribution in [0.4, 0.5) is 0 Å². The van der Waals surface area contributed by atoms with Crippen molar-refractivity contribution in [2.45, 2.75) is 64.4 Å². The minimum Gasteiger partial charge on any atom is -0.390 e. The number of hydrogen-bond donors (Lipinski definition) is 1. The quantitative estimate of drug-likeness (QED) is 0.447. The largest absolute Gasteiger partial charge is 0.390 e. The van der Waals surface area contributed by atoms with E-state index in [4.69, 9.17) is 0 Å². The van der Waals surface area contributed by atoms with E-state index in [1.165, 1.54) is 32.1 Å². The summed E-state index contributed by atoms with van der Waals surface area (Å²) in [6, 6.07) is 0. The second-order valence-corrected chi connectivity index (χ2v) is 8.82. The summed E-state index contributed by atoms with van der Waals surface area (Å²) in [4.78, 5) is 0. The van der Waals surface area contributed by atoms with Crippen molar-refractivity contribution in [3.63, 3.8) is 0 Å². The van der Waals surface area contributed by atoms with Crippen molar-refractivity contribution in [3.05, 3.63) is 12.2 Å². The number of rotatable bonds is 5. The van der Waals surface area contributed by atoms with Crippen LogP contribution in [0.3, 0.4) is 0 Å². The highest BCUT2D eigenvalue weighted by molar-refractivity contribution is 5.20. The van der Waals surface area contributed by atoms with E-state index in [0.717, 1.165) is 47.8 Å². The average Bonchev–Trinajstić information content (AvgIpc) is 3.10. The number of aliphatic hydroxyl groups is 1. The molecule has 0 saturated heterocycles. The van der Waals surface area contributed by atoms with Gasteiger partial charge in [-0.25, -0.2) is 0 Å². The van der Waals surface area contributed by atoms with Gasteiger partial charge in [-0.1, -0.05) is 31.4 Å². The van der Waals surface area contributed by atoms with Gasteiger partial charge in [0.25, 0.3) is 0 Å². The summed E-state index contributed by atoms with van der Waals surface area (Å²) >= 11 is 0. The zero-order valence-electron chi connectivity index (χ0n) is 13.1. The van der Waals surface area contributed by atoms with E-state index in [1.54, 1.807) is 6.42 Å². The van der Waals surface area contributed by atoms with Gasteiger partial charge in [0.05, 0.1) is 5.60 Å². The van der Waals surface area contributed by atoms with Gasteiger partial charge in [0.15, 0.2) is 0 Å². The van der Waals surface area contributed by atoms with Crippen LogP contribution in [-0.4, -0.2) is 10.7 Å². The van der Waals surface area contributed by atoms with Gasteiger partial charge in [0.2, 0.25) is 0 Å². The summed E-state index contributed by atoms with van der Waals surface area (Å²) in [5, 5.41) is 9.80. The van der Waals surface area contributed by atoms with Crippen LogP contribution < -0.4 is 0 Å². The summed E-state index contributed by atoms with van der Waals surface area (Å²) in [6.45, 7) is 3.88. The number of unbranched alkanes of at least 4 members (excludes halogenated alkanes) is 1. The lowest BCUT2D eigenvalue weighted by molar-refractivity contribution is 0.0665. The summed E-state index contributed by atoms with van der Waals surface area (Å²) in [6.07, 6.45) is 14.6. The first kappa shape index (κ1) is 13.4. The molecule has 0 aromatic carbocycles. The molecule has 0 aromatic heterocycles. The first-order valence-electron chi connectivity index (χ1n) is 8.93. The fourth-order valence-corrected chi connectivity index (χ4v) is 6.45. The van der Waals surface area contributed by atoms with E-state index in [0.29, 0.717) is 0 Å². The molecular formula is C19H30O. The van der Waals surface area contributed by atoms with E-state index in [1.807, 2.05) is 13.8 Å². The van der Waals surface area contributed by atoms with Crippen molar-refractivity contribution >= 4 is 0 Å². The molecule has 3 fully saturated rings. The molecule has 20 heavy (non-hydrogen) atoms. The number of fused-ring (bicyclic) bond motifs is 9. The van der Waals surface area contributed by atoms with Gasteiger partial charge in [-0.15, -0.1) is 0 Å². The molecule has 0 aromatic rings. The maximum atomic E-state index is 9.80. The normalized spacial score (nSPS) is 48.2. The Balaban J connectivity index is 1.31. The molecule has 112 valence electrons. The molecule has 0 radical (unpaired) electrons. The van der Waals surface area contributed by atoms with Crippen LogP contribution in [0, 0.1) is 41.4 Å². The second kappa shape index (κ2) is 4.60. The molecule has 0 spiro atoms. The Morgan fingerprint density at radius 3 is 2.50 bits per heavy atom. The average molecular weight is 274 g/mol. The van der Waals surface area contributed by atoms with Crippen LogP contribution in [0.5, 0.6) is 0 Å². The Hall–Kier alpha value is -0.300. The monoisotopic (exact) mass is 274 g/mol. The van der Waals surface area contributed by atoms with Crippen LogP contribution >= 0.6 is 0 Å². The summed E-state index contributed by atoms with van der Waals surface area (Å²) < 4.78 is 0. The predicted octanol–water partition coefficient (Wildman–Crippen LogP) is 4.41. The third kappa shape index (κ3) is 2.08. The Morgan fingerprint density at radius 1 is 1.00 bits per heavy atom. The summed E-state index contributed by atoms with van der Waals surface area (Å²) in [7, 11) is 0. The molecule has 0 heterocycles. The molecule has 0 amide bonds. The highest BCUT2D eigenvalue weighted by Crippen LogP contribution is 2.67. The predicted molar refractivity (Wildman–Crippen MR) is 82.2 cm³/mol. The molecule has 0 aliphatic heterocycles. The van der Waals surface area contributed by atoms with E-state index < -0.39 is 5.60 Å². The summed E-state index contributed by atoms with van der Waals surface area (Å²) in [5.74, 6) is 7.24. The smallest absolute Gasteiger partial charge is 0.0591 e. The molecule has 4 aliphatic rings. The van der Waals surface area contributed by atoms with E-state index in [-0.39, 0.29) is 0 Å². The van der Waals surface area contributed by atoms with Gasteiger partial charge in [-0.3, -0.25) is 0 Å². The summed E-state index contributed by atoms with van der Waals surface area (Å²) in [5.41, 5.74) is -0.463. The fourth-order valence-electron chi connectivity index (χ4n) is 6.45. The molecule has 4 rings (SSSR count). The zero-order valence-corrected chi connectivity index (χ0v) is 13.1. The Bertz CT molecular complexity index is 404. The van der Waals surface area contributed by atoms with Crippen molar-refractivity contribution in [2.24, 2.45) is 41.4 Å². The fraction of sp³-hybridized carbons (Fsp3) is 0.895. The first-order chi connectivity index (χ1) is 9.53. The molecule has 4 bridgehead atoms. The highest BCUT2D eigenvalue weighted by atomic mass is 16.3. The Morgan fingerprint density at radius 2 is 1.75 bits per heavy atom. The highest BCUT2D eigenvalue weighted by Gasteiger charge is 2.60. The van der Waals surface area contributed by atoms with Gasteiger partial charge >= 0.3 is 0 Å². The van der Waals surface area contributed by atoms with Crippen molar-refractivity contribution in [2.75, 3.05) is 0 Å². The molecular weight excluding hydrogens is 244 g/mol. The van der Waals surface area contributed by atoms with Crippen molar-refractivity contribution < 1.29 is 5.11 Å². The van der Waals surface area contributed by atoms with Gasteiger partial charge in [-0.2, -0.15) is 0 Å². The minimum absolute atomic E-state index is 0.463. The lowest BCUT2D eigenvalue weighted by atomic mass is 9.68. The van der Waals surface area contributed by atoms with Gasteiger partial charge in [0, 0.05) is 0 Å². The zero-order chi connectivity index (χ0) is 13.9. The van der Waals surface area contributed by atoms with E-state index >= 15 is 0 Å². The van der Waals surface area contributed by atoms with Gasteiger partial charge in [0.1, 0.15) is 0 Å². The number of allylic oxidation sites excluding steroid dienone is 2. The third-order valence-corrected chi connectivity index (χ3v) is 7.02. The van der Waals surface area contributed by atoms with Crippen LogP contribution in [0.1, 0.15) is 58.8 Å². The molecule has 3 saturated carbocycles. The maximum absolute atomic E-state index is 9.80. The standard InChI is InChI=1S/C19H30O/c1-19(2,20)8-4-3-5-12-9-15-11-16(12)18-14-7-6-13(10-14)17(15)18/h6-7,12-18,20H,3-5,8-11H2,1-2H3. The molecule has 1 nitrogen and oxygen atoms in total. The molecule has 1 heteroatoms. The Kier molecular flexibility index (Phi) is 3.07. The first-order valence-corrected chi connectivity index (χ1v) is 8.93. The van der Waals surface area contributed by atoms with Crippen LogP contribution in [0.15, 0.2) is 12.2 Å². The van der Waals surface area contributed by atoms with Crippen LogP contribution in [-0.2, 0) is 0 Å². The van der Waals surface area contributed by atoms with Gasteiger partial charge in [-0.05, 0) is 81.0 Å². The Labute approximate surface area is 123 Å². The molecule has 7 unspecified atom stereocenters. The molecule has 4 aliphatic carbocycles. The third-order valence-electron chi connectivity index (χ3n) is 7.02. The minimum atomic E-state index is -0.463. The lowest BCUT2D eigenvalue weighted by Crippen LogP contribution is -2.31. The molecule has 1 N–H and O–H groups in total. The number of hydrogen-bond acceptors (Lipinski definition) is 1. The van der Waals surface area contributed by atoms with Crippen molar-refractivity contribution in [1.82, 2.24) is 0 Å². The van der Waals surface area contributed by atoms with Crippen molar-refractivity contribution in [3.8, 4) is 0 Å². The van der Waals surface area contributed by atoms with Crippen molar-refractivity contribution in [1.29, 1.82) is 0 Å². The lowest BCUT2D eigenvalue weighted by Gasteiger charge is -2.37. The second-order valence-electron chi connectivity index (χ2n) is 8.82. The van der Waals surface area contributed by atoms with Crippen LogP contribution in [0.25, 0.3) is 0 Å². The molecule has 7 atom stereocenters. The topological polar surface area (TPSA) is 20.2 Å². The van der Waals surface area contributed by atoms with Gasteiger partial charge < -0.3 is 5.11 Å². The maximum Gasteiger partial charge on any atom is 0.0591 e. The van der Waals surface area contributed by atoms with E-state index in [9.17, 15) is 5.11 Å². The SMILES string of the molecule is CC(C)(O)CCCCC1CC2CC1C1C3C=CC(C3)C21. The van der Waals surface area contributed by atoms with Crippen LogP contribution in [0.2, 0.25) is 0 Å². The van der Waals surface area contributed by atoms with E-state index in [2.05, 4.69) is 12.2 Å².